The number of para-hydroxylation sites is 1. The van der Waals surface area contributed by atoms with Crippen LogP contribution in [0.5, 0.6) is 5.75 Å². The highest BCUT2D eigenvalue weighted by molar-refractivity contribution is 5.39. The van der Waals surface area contributed by atoms with Crippen LogP contribution in [-0.2, 0) is 6.54 Å². The van der Waals surface area contributed by atoms with Gasteiger partial charge in [-0.05, 0) is 29.9 Å². The fourth-order valence-electron chi connectivity index (χ4n) is 1.74. The lowest BCUT2D eigenvalue weighted by atomic mass is 10.1. The number of nitrogens with zero attached hydrogens (tertiary/aromatic N) is 4. The van der Waals surface area contributed by atoms with Crippen molar-refractivity contribution in [2.45, 2.75) is 20.4 Å². The Kier molecular flexibility index (Phi) is 3.74. The van der Waals surface area contributed by atoms with E-state index in [1.54, 1.807) is 0 Å². The summed E-state index contributed by atoms with van der Waals surface area (Å²) in [6, 6.07) is 5.92. The van der Waals surface area contributed by atoms with Gasteiger partial charge in [0.2, 0.25) is 6.33 Å². The summed E-state index contributed by atoms with van der Waals surface area (Å²) in [5.41, 5.74) is 2.12. The predicted molar refractivity (Wildman–Crippen MR) is 68.1 cm³/mol. The summed E-state index contributed by atoms with van der Waals surface area (Å²) in [4.78, 5) is 13.4. The minimum Gasteiger partial charge on any atom is -0.491 e. The van der Waals surface area contributed by atoms with E-state index in [1.165, 1.54) is 11.0 Å². The third-order valence-corrected chi connectivity index (χ3v) is 2.66. The average Bonchev–Trinajstić information content (AvgIpc) is 2.82. The van der Waals surface area contributed by atoms with Gasteiger partial charge in [0, 0.05) is 5.10 Å². The van der Waals surface area contributed by atoms with E-state index in [4.69, 9.17) is 4.74 Å². The number of aromatic nitrogens is 3. The van der Waals surface area contributed by atoms with Gasteiger partial charge in [-0.15, -0.1) is 0 Å². The molecule has 0 aliphatic rings. The normalized spacial score (nSPS) is 10.4. The first-order valence-corrected chi connectivity index (χ1v) is 5.81. The van der Waals surface area contributed by atoms with Crippen LogP contribution in [0, 0.1) is 24.0 Å². The van der Waals surface area contributed by atoms with Crippen molar-refractivity contribution in [3.8, 4) is 5.75 Å². The van der Waals surface area contributed by atoms with Crippen LogP contribution in [0.4, 0.5) is 5.95 Å². The Morgan fingerprint density at radius 3 is 2.63 bits per heavy atom. The van der Waals surface area contributed by atoms with Crippen molar-refractivity contribution in [1.29, 1.82) is 0 Å². The summed E-state index contributed by atoms with van der Waals surface area (Å²) in [7, 11) is 0. The summed E-state index contributed by atoms with van der Waals surface area (Å²) in [5.74, 6) is 0.448. The molecule has 19 heavy (non-hydrogen) atoms. The lowest BCUT2D eigenvalue weighted by molar-refractivity contribution is -0.394. The lowest BCUT2D eigenvalue weighted by Gasteiger charge is -2.10. The second-order valence-corrected chi connectivity index (χ2v) is 4.13. The topological polar surface area (TPSA) is 83.1 Å². The Bertz CT molecular complexity index is 574. The van der Waals surface area contributed by atoms with E-state index in [-0.39, 0.29) is 0 Å². The molecule has 7 nitrogen and oxygen atoms in total. The molecule has 0 spiro atoms. The van der Waals surface area contributed by atoms with Gasteiger partial charge >= 0.3 is 5.95 Å². The Morgan fingerprint density at radius 2 is 2.05 bits per heavy atom. The van der Waals surface area contributed by atoms with Crippen LogP contribution in [0.15, 0.2) is 24.5 Å². The molecule has 0 radical (unpaired) electrons. The van der Waals surface area contributed by atoms with Crippen LogP contribution in [0.2, 0.25) is 0 Å². The summed E-state index contributed by atoms with van der Waals surface area (Å²) in [6.45, 7) is 4.74. The fourth-order valence-corrected chi connectivity index (χ4v) is 1.74. The standard InChI is InChI=1S/C12H14N4O3/c1-9-4-3-5-10(2)11(9)19-7-6-15-8-13-12(14-15)16(17)18/h3-5,8H,6-7H2,1-2H3. The molecule has 0 atom stereocenters. The molecule has 7 heteroatoms. The minimum absolute atomic E-state index is 0.381. The molecule has 0 aliphatic carbocycles. The number of hydrogen-bond acceptors (Lipinski definition) is 5. The van der Waals surface area contributed by atoms with Gasteiger partial charge in [-0.1, -0.05) is 23.2 Å². The highest BCUT2D eigenvalue weighted by Crippen LogP contribution is 2.22. The van der Waals surface area contributed by atoms with Crippen LogP contribution in [0.3, 0.4) is 0 Å². The second-order valence-electron chi connectivity index (χ2n) is 4.13. The van der Waals surface area contributed by atoms with Crippen molar-refractivity contribution in [2.24, 2.45) is 0 Å². The van der Waals surface area contributed by atoms with Crippen molar-refractivity contribution in [3.63, 3.8) is 0 Å². The number of ether oxygens (including phenoxy) is 1. The van der Waals surface area contributed by atoms with E-state index >= 15 is 0 Å². The third kappa shape index (κ3) is 3.06. The molecular weight excluding hydrogens is 248 g/mol. The van der Waals surface area contributed by atoms with Crippen LogP contribution in [0.25, 0.3) is 0 Å². The maximum atomic E-state index is 10.4. The van der Waals surface area contributed by atoms with E-state index in [1.807, 2.05) is 32.0 Å². The Labute approximate surface area is 110 Å². The Morgan fingerprint density at radius 1 is 1.37 bits per heavy atom. The molecule has 2 aromatic rings. The molecule has 0 amide bonds. The summed E-state index contributed by atoms with van der Waals surface area (Å²) >= 11 is 0. The van der Waals surface area contributed by atoms with Gasteiger partial charge in [-0.25, -0.2) is 0 Å². The van der Waals surface area contributed by atoms with Gasteiger partial charge in [-0.2, -0.15) is 4.68 Å². The number of benzene rings is 1. The monoisotopic (exact) mass is 262 g/mol. The Balaban J connectivity index is 1.94. The van der Waals surface area contributed by atoms with Crippen LogP contribution in [0.1, 0.15) is 11.1 Å². The number of nitro groups is 1. The minimum atomic E-state index is -0.622. The second kappa shape index (κ2) is 5.47. The summed E-state index contributed by atoms with van der Waals surface area (Å²) in [6.07, 6.45) is 1.33. The van der Waals surface area contributed by atoms with E-state index < -0.39 is 10.9 Å². The molecule has 100 valence electrons. The van der Waals surface area contributed by atoms with Gasteiger partial charge in [0.05, 0.1) is 6.54 Å². The molecule has 0 N–H and O–H groups in total. The van der Waals surface area contributed by atoms with E-state index in [9.17, 15) is 10.1 Å². The molecule has 0 saturated heterocycles. The van der Waals surface area contributed by atoms with E-state index in [2.05, 4.69) is 10.1 Å². The third-order valence-electron chi connectivity index (χ3n) is 2.66. The van der Waals surface area contributed by atoms with Gasteiger partial charge in [0.15, 0.2) is 0 Å². The maximum Gasteiger partial charge on any atom is 0.490 e. The first-order valence-electron chi connectivity index (χ1n) is 5.81. The zero-order valence-corrected chi connectivity index (χ0v) is 10.7. The molecule has 0 saturated carbocycles. The van der Waals surface area contributed by atoms with Gasteiger partial charge < -0.3 is 14.9 Å². The quantitative estimate of drug-likeness (QED) is 0.606. The molecule has 0 aliphatic heterocycles. The first-order chi connectivity index (χ1) is 9.08. The average molecular weight is 262 g/mol. The number of aryl methyl sites for hydroxylation is 2. The molecule has 1 aromatic heterocycles. The molecule has 0 bridgehead atoms. The van der Waals surface area contributed by atoms with Crippen LogP contribution in [-0.4, -0.2) is 26.3 Å². The van der Waals surface area contributed by atoms with Crippen molar-refractivity contribution >= 4 is 5.95 Å². The van der Waals surface area contributed by atoms with Crippen LogP contribution >= 0.6 is 0 Å². The largest absolute Gasteiger partial charge is 0.491 e. The van der Waals surface area contributed by atoms with E-state index in [0.717, 1.165) is 16.9 Å². The highest BCUT2D eigenvalue weighted by atomic mass is 16.6. The van der Waals surface area contributed by atoms with Crippen molar-refractivity contribution in [3.05, 3.63) is 45.8 Å². The zero-order chi connectivity index (χ0) is 13.8. The smallest absolute Gasteiger partial charge is 0.490 e. The van der Waals surface area contributed by atoms with Crippen molar-refractivity contribution in [1.82, 2.24) is 14.8 Å². The van der Waals surface area contributed by atoms with Crippen LogP contribution < -0.4 is 4.74 Å². The maximum absolute atomic E-state index is 10.4. The number of hydrogen-bond donors (Lipinski definition) is 0. The first kappa shape index (κ1) is 13.0. The molecule has 1 aromatic carbocycles. The number of rotatable bonds is 5. The molecular formula is C12H14N4O3. The zero-order valence-electron chi connectivity index (χ0n) is 10.7. The molecule has 0 unspecified atom stereocenters. The molecule has 2 rings (SSSR count). The van der Waals surface area contributed by atoms with Crippen molar-refractivity contribution < 1.29 is 9.66 Å². The summed E-state index contributed by atoms with van der Waals surface area (Å²) in [5, 5.41) is 14.1. The molecule has 0 fully saturated rings. The van der Waals surface area contributed by atoms with E-state index in [0.29, 0.717) is 13.2 Å². The van der Waals surface area contributed by atoms with Gasteiger partial charge in [0.1, 0.15) is 12.4 Å². The fraction of sp³-hybridized carbons (Fsp3) is 0.333. The highest BCUT2D eigenvalue weighted by Gasteiger charge is 2.12. The molecule has 1 heterocycles. The van der Waals surface area contributed by atoms with Gasteiger partial charge in [-0.3, -0.25) is 0 Å². The SMILES string of the molecule is Cc1cccc(C)c1OCCn1cnc([N+](=O)[O-])n1. The van der Waals surface area contributed by atoms with Gasteiger partial charge in [0.25, 0.3) is 0 Å². The Hall–Kier alpha value is -2.44. The predicted octanol–water partition coefficient (Wildman–Crippen LogP) is 1.88. The summed E-state index contributed by atoms with van der Waals surface area (Å²) < 4.78 is 7.08. The van der Waals surface area contributed by atoms with Crippen molar-refractivity contribution in [2.75, 3.05) is 6.61 Å². The lowest BCUT2D eigenvalue weighted by Crippen LogP contribution is -2.10.